The number of oxazole rings is 1. The van der Waals surface area contributed by atoms with Gasteiger partial charge in [0.05, 0.1) is 12.7 Å². The summed E-state index contributed by atoms with van der Waals surface area (Å²) in [6.07, 6.45) is 7.56. The molecule has 0 amide bonds. The van der Waals surface area contributed by atoms with Crippen LogP contribution in [0.25, 0.3) is 11.1 Å². The zero-order valence-corrected chi connectivity index (χ0v) is 16.4. The van der Waals surface area contributed by atoms with E-state index in [0.717, 1.165) is 54.8 Å². The molecule has 5 rings (SSSR count). The molecule has 3 aliphatic rings. The average Bonchev–Trinajstić information content (AvgIpc) is 3.33. The zero-order valence-electron chi connectivity index (χ0n) is 16.4. The lowest BCUT2D eigenvalue weighted by atomic mass is 10.00. The fraction of sp³-hybridized carbons (Fsp3) is 0.682. The molecule has 0 N–H and O–H groups in total. The highest BCUT2D eigenvalue weighted by Gasteiger charge is 2.43. The Morgan fingerprint density at radius 2 is 1.93 bits per heavy atom. The third kappa shape index (κ3) is 3.66. The van der Waals surface area contributed by atoms with Crippen LogP contribution in [-0.4, -0.2) is 36.4 Å². The number of anilines is 1. The molecule has 5 heteroatoms. The Bertz CT molecular complexity index is 784. The fourth-order valence-corrected chi connectivity index (χ4v) is 4.50. The summed E-state index contributed by atoms with van der Waals surface area (Å²) in [6, 6.07) is 7.77. The minimum Gasteiger partial charge on any atom is -0.493 e. The van der Waals surface area contributed by atoms with Gasteiger partial charge in [-0.05, 0) is 62.5 Å². The number of nitrogens with zero attached hydrogens (tertiary/aromatic N) is 2. The predicted octanol–water partition coefficient (Wildman–Crippen LogP) is 4.79. The highest BCUT2D eigenvalue weighted by molar-refractivity contribution is 5.76. The Hall–Kier alpha value is -1.75. The van der Waals surface area contributed by atoms with Gasteiger partial charge in [-0.15, -0.1) is 0 Å². The summed E-state index contributed by atoms with van der Waals surface area (Å²) < 4.78 is 18.2. The summed E-state index contributed by atoms with van der Waals surface area (Å²) in [5.41, 5.74) is 1.75. The van der Waals surface area contributed by atoms with E-state index in [2.05, 4.69) is 18.7 Å². The third-order valence-corrected chi connectivity index (χ3v) is 6.11. The summed E-state index contributed by atoms with van der Waals surface area (Å²) in [5.74, 6) is 2.23. The Balaban J connectivity index is 1.30. The first-order valence-electron chi connectivity index (χ1n) is 10.6. The summed E-state index contributed by atoms with van der Waals surface area (Å²) >= 11 is 0. The maximum atomic E-state index is 6.18. The Morgan fingerprint density at radius 3 is 2.63 bits per heavy atom. The topological polar surface area (TPSA) is 47.7 Å². The average molecular weight is 370 g/mol. The molecule has 2 unspecified atom stereocenters. The van der Waals surface area contributed by atoms with Crippen molar-refractivity contribution >= 4 is 17.1 Å². The van der Waals surface area contributed by atoms with Gasteiger partial charge in [0.2, 0.25) is 0 Å². The molecule has 2 aromatic rings. The fourth-order valence-electron chi connectivity index (χ4n) is 4.50. The summed E-state index contributed by atoms with van der Waals surface area (Å²) in [7, 11) is 0. The van der Waals surface area contributed by atoms with Crippen LogP contribution in [0.4, 0.5) is 6.01 Å². The van der Waals surface area contributed by atoms with Crippen molar-refractivity contribution in [3.63, 3.8) is 0 Å². The van der Waals surface area contributed by atoms with Crippen molar-refractivity contribution < 1.29 is 13.9 Å². The second-order valence-electron chi connectivity index (χ2n) is 8.99. The molecule has 3 heterocycles. The quantitative estimate of drug-likeness (QED) is 0.701. The number of benzene rings is 1. The van der Waals surface area contributed by atoms with Crippen molar-refractivity contribution in [2.75, 3.05) is 18.1 Å². The van der Waals surface area contributed by atoms with Crippen LogP contribution in [0.2, 0.25) is 0 Å². The van der Waals surface area contributed by atoms with E-state index < -0.39 is 0 Å². The molecular weight excluding hydrogens is 340 g/mol. The van der Waals surface area contributed by atoms with Crippen molar-refractivity contribution in [1.29, 1.82) is 0 Å². The lowest BCUT2D eigenvalue weighted by molar-refractivity contribution is 0.0114. The summed E-state index contributed by atoms with van der Waals surface area (Å²) in [4.78, 5) is 7.20. The molecule has 146 valence electrons. The summed E-state index contributed by atoms with van der Waals surface area (Å²) in [6.45, 7) is 6.10. The molecular formula is C22H30N2O3. The van der Waals surface area contributed by atoms with Gasteiger partial charge in [-0.25, -0.2) is 0 Å². The maximum absolute atomic E-state index is 6.18. The van der Waals surface area contributed by atoms with Crippen molar-refractivity contribution in [2.24, 2.45) is 11.8 Å². The van der Waals surface area contributed by atoms with Crippen LogP contribution in [-0.2, 0) is 4.74 Å². The molecule has 0 radical (unpaired) electrons. The second kappa shape index (κ2) is 7.01. The van der Waals surface area contributed by atoms with E-state index >= 15 is 0 Å². The minimum absolute atomic E-state index is 0.382. The molecule has 1 aliphatic carbocycles. The van der Waals surface area contributed by atoms with Gasteiger partial charge in [-0.2, -0.15) is 4.98 Å². The lowest BCUT2D eigenvalue weighted by Crippen LogP contribution is -2.46. The SMILES string of the molecule is CC(C)COC1CC2CCC(C1)N2c1nc2ccc(OCC3CC3)cc2o1. The van der Waals surface area contributed by atoms with E-state index in [1.807, 2.05) is 18.2 Å². The standard InChI is InChI=1S/C22H30N2O3/c1-14(2)12-25-19-9-16-5-6-17(10-19)24(16)22-23-20-8-7-18(11-21(20)27-22)26-13-15-3-4-15/h7-8,11,14-17,19H,3-6,9-10,12-13H2,1-2H3. The van der Waals surface area contributed by atoms with Gasteiger partial charge in [0.25, 0.3) is 6.01 Å². The molecule has 5 nitrogen and oxygen atoms in total. The number of hydrogen-bond acceptors (Lipinski definition) is 5. The molecule has 2 saturated heterocycles. The minimum atomic E-state index is 0.382. The number of hydrogen-bond donors (Lipinski definition) is 0. The van der Waals surface area contributed by atoms with Gasteiger partial charge in [-0.3, -0.25) is 0 Å². The first kappa shape index (κ1) is 17.4. The van der Waals surface area contributed by atoms with Gasteiger partial charge in [0.15, 0.2) is 5.58 Å². The Labute approximate surface area is 161 Å². The van der Waals surface area contributed by atoms with Gasteiger partial charge >= 0.3 is 0 Å². The second-order valence-corrected chi connectivity index (χ2v) is 8.99. The monoisotopic (exact) mass is 370 g/mol. The van der Waals surface area contributed by atoms with E-state index in [9.17, 15) is 0 Å². The summed E-state index contributed by atoms with van der Waals surface area (Å²) in [5, 5.41) is 0. The molecule has 2 bridgehead atoms. The van der Waals surface area contributed by atoms with Crippen LogP contribution < -0.4 is 9.64 Å². The maximum Gasteiger partial charge on any atom is 0.298 e. The van der Waals surface area contributed by atoms with Gasteiger partial charge in [-0.1, -0.05) is 13.8 Å². The van der Waals surface area contributed by atoms with Crippen LogP contribution in [0.15, 0.2) is 22.6 Å². The number of ether oxygens (including phenoxy) is 2. The highest BCUT2D eigenvalue weighted by Crippen LogP contribution is 2.41. The van der Waals surface area contributed by atoms with Crippen LogP contribution >= 0.6 is 0 Å². The van der Waals surface area contributed by atoms with Crippen molar-refractivity contribution in [3.05, 3.63) is 18.2 Å². The molecule has 2 aliphatic heterocycles. The van der Waals surface area contributed by atoms with Crippen LogP contribution in [0.1, 0.15) is 52.4 Å². The number of rotatable bonds is 7. The van der Waals surface area contributed by atoms with Crippen molar-refractivity contribution in [1.82, 2.24) is 4.98 Å². The van der Waals surface area contributed by atoms with Crippen molar-refractivity contribution in [2.45, 2.75) is 70.6 Å². The molecule has 1 aromatic carbocycles. The van der Waals surface area contributed by atoms with Crippen LogP contribution in [0.3, 0.4) is 0 Å². The van der Waals surface area contributed by atoms with Gasteiger partial charge < -0.3 is 18.8 Å². The number of piperidine rings is 1. The lowest BCUT2D eigenvalue weighted by Gasteiger charge is -2.38. The predicted molar refractivity (Wildman–Crippen MR) is 105 cm³/mol. The molecule has 1 aromatic heterocycles. The van der Waals surface area contributed by atoms with Crippen molar-refractivity contribution in [3.8, 4) is 5.75 Å². The molecule has 0 spiro atoms. The Kier molecular flexibility index (Phi) is 4.50. The Morgan fingerprint density at radius 1 is 1.15 bits per heavy atom. The molecule has 2 atom stereocenters. The number of fused-ring (bicyclic) bond motifs is 3. The van der Waals surface area contributed by atoms with Crippen LogP contribution in [0.5, 0.6) is 5.75 Å². The van der Waals surface area contributed by atoms with E-state index in [4.69, 9.17) is 18.9 Å². The zero-order chi connectivity index (χ0) is 18.4. The van der Waals surface area contributed by atoms with E-state index in [-0.39, 0.29) is 0 Å². The van der Waals surface area contributed by atoms with Gasteiger partial charge in [0, 0.05) is 24.8 Å². The largest absolute Gasteiger partial charge is 0.493 e. The number of aromatic nitrogens is 1. The molecule has 1 saturated carbocycles. The van der Waals surface area contributed by atoms with E-state index in [1.165, 1.54) is 25.7 Å². The van der Waals surface area contributed by atoms with E-state index in [1.54, 1.807) is 0 Å². The first-order chi connectivity index (χ1) is 13.2. The van der Waals surface area contributed by atoms with Crippen LogP contribution in [0, 0.1) is 11.8 Å². The smallest absolute Gasteiger partial charge is 0.298 e. The first-order valence-corrected chi connectivity index (χ1v) is 10.6. The molecule has 3 fully saturated rings. The normalized spacial score (nSPS) is 27.7. The third-order valence-electron chi connectivity index (χ3n) is 6.11. The van der Waals surface area contributed by atoms with Gasteiger partial charge in [0.1, 0.15) is 11.3 Å². The highest BCUT2D eigenvalue weighted by atomic mass is 16.5. The van der Waals surface area contributed by atoms with E-state index in [0.29, 0.717) is 24.1 Å². The molecule has 27 heavy (non-hydrogen) atoms.